The van der Waals surface area contributed by atoms with Crippen LogP contribution >= 0.6 is 0 Å². The lowest BCUT2D eigenvalue weighted by Crippen LogP contribution is -2.28. The molecule has 0 aliphatic rings. The van der Waals surface area contributed by atoms with Gasteiger partial charge in [0, 0.05) is 12.0 Å². The van der Waals surface area contributed by atoms with E-state index >= 15 is 0 Å². The quantitative estimate of drug-likeness (QED) is 0.849. The molecule has 0 fully saturated rings. The summed E-state index contributed by atoms with van der Waals surface area (Å²) in [5.41, 5.74) is 9.00. The number of hydrogen-bond donors (Lipinski definition) is 1. The lowest BCUT2D eigenvalue weighted by Gasteiger charge is -2.24. The van der Waals surface area contributed by atoms with Gasteiger partial charge in [-0.25, -0.2) is 0 Å². The van der Waals surface area contributed by atoms with Crippen molar-refractivity contribution in [3.05, 3.63) is 71.8 Å². The Morgan fingerprint density at radius 3 is 1.58 bits per heavy atom. The van der Waals surface area contributed by atoms with Gasteiger partial charge in [-0.05, 0) is 23.5 Å². The largest absolute Gasteiger partial charge is 0.327 e. The van der Waals surface area contributed by atoms with Gasteiger partial charge in [-0.15, -0.1) is 0 Å². The lowest BCUT2D eigenvalue weighted by atomic mass is 9.83. The molecule has 0 unspecified atom stereocenters. The first-order chi connectivity index (χ1) is 9.18. The van der Waals surface area contributed by atoms with E-state index in [4.69, 9.17) is 5.73 Å². The third-order valence-electron chi connectivity index (χ3n) is 3.77. The van der Waals surface area contributed by atoms with E-state index in [0.29, 0.717) is 11.8 Å². The Bertz CT molecular complexity index is 436. The SMILES string of the molecule is CC(C)[C@H](N)CC(c1ccccc1)c1ccccc1. The zero-order valence-electron chi connectivity index (χ0n) is 11.8. The van der Waals surface area contributed by atoms with Crippen molar-refractivity contribution >= 4 is 0 Å². The molecule has 0 aromatic heterocycles. The third-order valence-corrected chi connectivity index (χ3v) is 3.77. The minimum absolute atomic E-state index is 0.227. The van der Waals surface area contributed by atoms with Crippen molar-refractivity contribution in [2.24, 2.45) is 11.7 Å². The highest BCUT2D eigenvalue weighted by atomic mass is 14.6. The van der Waals surface area contributed by atoms with Gasteiger partial charge in [0.15, 0.2) is 0 Å². The van der Waals surface area contributed by atoms with E-state index in [0.717, 1.165) is 6.42 Å². The van der Waals surface area contributed by atoms with Gasteiger partial charge < -0.3 is 5.73 Å². The number of rotatable bonds is 5. The van der Waals surface area contributed by atoms with E-state index < -0.39 is 0 Å². The second-order valence-corrected chi connectivity index (χ2v) is 5.52. The normalized spacial score (nSPS) is 12.9. The van der Waals surface area contributed by atoms with Crippen LogP contribution in [-0.2, 0) is 0 Å². The second kappa shape index (κ2) is 6.53. The number of hydrogen-bond acceptors (Lipinski definition) is 1. The maximum atomic E-state index is 6.29. The fourth-order valence-electron chi connectivity index (χ4n) is 2.38. The monoisotopic (exact) mass is 253 g/mol. The molecule has 0 spiro atoms. The molecular formula is C18H23N. The minimum Gasteiger partial charge on any atom is -0.327 e. The molecule has 2 aromatic rings. The van der Waals surface area contributed by atoms with Crippen LogP contribution in [0.5, 0.6) is 0 Å². The van der Waals surface area contributed by atoms with E-state index in [1.54, 1.807) is 0 Å². The molecule has 1 heteroatoms. The van der Waals surface area contributed by atoms with Crippen molar-refractivity contribution in [1.82, 2.24) is 0 Å². The van der Waals surface area contributed by atoms with Crippen LogP contribution in [0.4, 0.5) is 0 Å². The molecule has 2 aromatic carbocycles. The van der Waals surface area contributed by atoms with Gasteiger partial charge in [0.1, 0.15) is 0 Å². The average molecular weight is 253 g/mol. The molecule has 0 amide bonds. The van der Waals surface area contributed by atoms with E-state index in [9.17, 15) is 0 Å². The first-order valence-electron chi connectivity index (χ1n) is 7.04. The van der Waals surface area contributed by atoms with E-state index in [1.165, 1.54) is 11.1 Å². The first kappa shape index (κ1) is 13.8. The van der Waals surface area contributed by atoms with Gasteiger partial charge in [-0.3, -0.25) is 0 Å². The van der Waals surface area contributed by atoms with Crippen LogP contribution in [-0.4, -0.2) is 6.04 Å². The van der Waals surface area contributed by atoms with Crippen LogP contribution in [0.3, 0.4) is 0 Å². The number of benzene rings is 2. The molecule has 0 heterocycles. The van der Waals surface area contributed by atoms with Crippen molar-refractivity contribution in [3.8, 4) is 0 Å². The van der Waals surface area contributed by atoms with Crippen molar-refractivity contribution in [2.75, 3.05) is 0 Å². The van der Waals surface area contributed by atoms with Crippen LogP contribution in [0, 0.1) is 5.92 Å². The topological polar surface area (TPSA) is 26.0 Å². The summed E-state index contributed by atoms with van der Waals surface area (Å²) in [5, 5.41) is 0. The van der Waals surface area contributed by atoms with Crippen molar-refractivity contribution in [2.45, 2.75) is 32.2 Å². The van der Waals surface area contributed by atoms with E-state index in [2.05, 4.69) is 74.5 Å². The molecule has 0 saturated heterocycles. The Balaban J connectivity index is 2.29. The molecule has 0 saturated carbocycles. The minimum atomic E-state index is 0.227. The van der Waals surface area contributed by atoms with Crippen LogP contribution in [0.25, 0.3) is 0 Å². The zero-order chi connectivity index (χ0) is 13.7. The summed E-state index contributed by atoms with van der Waals surface area (Å²) in [6.45, 7) is 4.38. The van der Waals surface area contributed by atoms with Crippen LogP contribution in [0.2, 0.25) is 0 Å². The maximum absolute atomic E-state index is 6.29. The predicted octanol–water partition coefficient (Wildman–Crippen LogP) is 4.19. The van der Waals surface area contributed by atoms with Crippen LogP contribution < -0.4 is 5.73 Å². The summed E-state index contributed by atoms with van der Waals surface area (Å²) in [6, 6.07) is 21.6. The van der Waals surface area contributed by atoms with Crippen molar-refractivity contribution in [3.63, 3.8) is 0 Å². The summed E-state index contributed by atoms with van der Waals surface area (Å²) in [5.74, 6) is 0.898. The Labute approximate surface area is 116 Å². The van der Waals surface area contributed by atoms with Crippen LogP contribution in [0.1, 0.15) is 37.3 Å². The van der Waals surface area contributed by atoms with Gasteiger partial charge in [0.05, 0.1) is 0 Å². The fourth-order valence-corrected chi connectivity index (χ4v) is 2.38. The average Bonchev–Trinajstić information content (AvgIpc) is 2.46. The predicted molar refractivity (Wildman–Crippen MR) is 82.2 cm³/mol. The smallest absolute Gasteiger partial charge is 0.0104 e. The maximum Gasteiger partial charge on any atom is 0.0104 e. The van der Waals surface area contributed by atoms with Gasteiger partial charge in [-0.1, -0.05) is 74.5 Å². The highest BCUT2D eigenvalue weighted by Crippen LogP contribution is 2.29. The first-order valence-corrected chi connectivity index (χ1v) is 7.04. The molecule has 0 radical (unpaired) electrons. The third kappa shape index (κ3) is 3.68. The molecule has 2 rings (SSSR count). The standard InChI is InChI=1S/C18H23N/c1-14(2)18(19)13-17(15-9-5-3-6-10-15)16-11-7-4-8-12-16/h3-12,14,17-18H,13,19H2,1-2H3/t18-/m1/s1. The fraction of sp³-hybridized carbons (Fsp3) is 0.333. The summed E-state index contributed by atoms with van der Waals surface area (Å²) in [7, 11) is 0. The van der Waals surface area contributed by atoms with Crippen molar-refractivity contribution in [1.29, 1.82) is 0 Å². The highest BCUT2D eigenvalue weighted by Gasteiger charge is 2.19. The molecule has 100 valence electrons. The molecule has 1 atom stereocenters. The van der Waals surface area contributed by atoms with E-state index in [1.807, 2.05) is 0 Å². The molecule has 1 nitrogen and oxygen atoms in total. The van der Waals surface area contributed by atoms with Crippen LogP contribution in [0.15, 0.2) is 60.7 Å². The highest BCUT2D eigenvalue weighted by molar-refractivity contribution is 5.32. The van der Waals surface area contributed by atoms with Gasteiger partial charge in [0.2, 0.25) is 0 Å². The Hall–Kier alpha value is -1.60. The van der Waals surface area contributed by atoms with Gasteiger partial charge in [-0.2, -0.15) is 0 Å². The lowest BCUT2D eigenvalue weighted by molar-refractivity contribution is 0.445. The summed E-state index contributed by atoms with van der Waals surface area (Å²) in [4.78, 5) is 0. The molecule has 19 heavy (non-hydrogen) atoms. The number of nitrogens with two attached hydrogens (primary N) is 1. The molecule has 0 aliphatic carbocycles. The van der Waals surface area contributed by atoms with Crippen molar-refractivity contribution < 1.29 is 0 Å². The van der Waals surface area contributed by atoms with E-state index in [-0.39, 0.29) is 6.04 Å². The summed E-state index contributed by atoms with van der Waals surface area (Å²) >= 11 is 0. The molecule has 2 N–H and O–H groups in total. The van der Waals surface area contributed by atoms with Gasteiger partial charge >= 0.3 is 0 Å². The van der Waals surface area contributed by atoms with Gasteiger partial charge in [0.25, 0.3) is 0 Å². The molecule has 0 aliphatic heterocycles. The Morgan fingerprint density at radius 1 is 0.789 bits per heavy atom. The molecule has 0 bridgehead atoms. The zero-order valence-corrected chi connectivity index (χ0v) is 11.8. The summed E-state index contributed by atoms with van der Waals surface area (Å²) in [6.07, 6.45) is 0.992. The molecular weight excluding hydrogens is 230 g/mol. The summed E-state index contributed by atoms with van der Waals surface area (Å²) < 4.78 is 0. The Morgan fingerprint density at radius 2 is 1.21 bits per heavy atom. The second-order valence-electron chi connectivity index (χ2n) is 5.52. The Kier molecular flexibility index (Phi) is 4.75.